The van der Waals surface area contributed by atoms with E-state index in [1.54, 1.807) is 0 Å². The summed E-state index contributed by atoms with van der Waals surface area (Å²) in [6.07, 6.45) is 0.841. The molecule has 1 N–H and O–H groups in total. The molecule has 0 aliphatic rings. The third-order valence-corrected chi connectivity index (χ3v) is 5.59. The molecular formula is C24H22N2O2S. The van der Waals surface area contributed by atoms with E-state index in [-0.39, 0.29) is 17.6 Å². The van der Waals surface area contributed by atoms with E-state index in [4.69, 9.17) is 4.42 Å². The predicted octanol–water partition coefficient (Wildman–Crippen LogP) is 5.26. The number of fused-ring (bicyclic) bond motifs is 1. The summed E-state index contributed by atoms with van der Waals surface area (Å²) < 4.78 is 5.65. The Hall–Kier alpha value is -3.05. The molecule has 4 nitrogen and oxygen atoms in total. The second-order valence-electron chi connectivity index (χ2n) is 6.75. The molecule has 0 saturated carbocycles. The Kier molecular flexibility index (Phi) is 6.27. The van der Waals surface area contributed by atoms with Gasteiger partial charge in [0.25, 0.3) is 5.22 Å². The van der Waals surface area contributed by atoms with Crippen LogP contribution in [0.1, 0.15) is 23.5 Å². The fourth-order valence-electron chi connectivity index (χ4n) is 3.34. The van der Waals surface area contributed by atoms with Crippen molar-refractivity contribution in [3.63, 3.8) is 0 Å². The maximum absolute atomic E-state index is 12.3. The first-order valence-electron chi connectivity index (χ1n) is 9.64. The number of para-hydroxylation sites is 2. The lowest BCUT2D eigenvalue weighted by Crippen LogP contribution is -2.27. The molecule has 1 heterocycles. The van der Waals surface area contributed by atoms with Gasteiger partial charge >= 0.3 is 0 Å². The number of carbonyl (C=O) groups excluding carboxylic acids is 1. The lowest BCUT2D eigenvalue weighted by atomic mass is 9.88. The summed E-state index contributed by atoms with van der Waals surface area (Å²) in [5, 5.41) is 3.55. The first-order chi connectivity index (χ1) is 14.3. The molecule has 0 saturated heterocycles. The van der Waals surface area contributed by atoms with Crippen LogP contribution in [0.2, 0.25) is 0 Å². The number of aromatic nitrogens is 1. The van der Waals surface area contributed by atoms with Gasteiger partial charge in [-0.05, 0) is 29.7 Å². The molecule has 0 fully saturated rings. The second-order valence-corrected chi connectivity index (χ2v) is 7.68. The van der Waals surface area contributed by atoms with E-state index in [0.29, 0.717) is 11.8 Å². The van der Waals surface area contributed by atoms with Crippen LogP contribution < -0.4 is 5.32 Å². The van der Waals surface area contributed by atoms with Crippen molar-refractivity contribution in [3.8, 4) is 0 Å². The third kappa shape index (κ3) is 5.06. The molecule has 146 valence electrons. The minimum Gasteiger partial charge on any atom is -0.431 e. The summed E-state index contributed by atoms with van der Waals surface area (Å²) in [7, 11) is 0. The molecule has 0 bridgehead atoms. The number of nitrogens with zero attached hydrogens (tertiary/aromatic N) is 1. The Morgan fingerprint density at radius 3 is 2.17 bits per heavy atom. The topological polar surface area (TPSA) is 55.1 Å². The predicted molar refractivity (Wildman–Crippen MR) is 117 cm³/mol. The normalized spacial score (nSPS) is 11.1. The molecule has 0 aliphatic carbocycles. The average Bonchev–Trinajstić information content (AvgIpc) is 3.20. The van der Waals surface area contributed by atoms with Gasteiger partial charge in [0.1, 0.15) is 5.52 Å². The van der Waals surface area contributed by atoms with E-state index in [2.05, 4.69) is 58.8 Å². The van der Waals surface area contributed by atoms with Crippen molar-refractivity contribution in [2.45, 2.75) is 17.6 Å². The van der Waals surface area contributed by atoms with Crippen molar-refractivity contribution >= 4 is 28.8 Å². The van der Waals surface area contributed by atoms with Gasteiger partial charge in [0, 0.05) is 12.5 Å². The summed E-state index contributed by atoms with van der Waals surface area (Å²) >= 11 is 1.32. The van der Waals surface area contributed by atoms with Gasteiger partial charge in [0.15, 0.2) is 5.58 Å². The maximum atomic E-state index is 12.3. The molecule has 1 amide bonds. The fourth-order valence-corrected chi connectivity index (χ4v) is 4.01. The van der Waals surface area contributed by atoms with Gasteiger partial charge in [-0.2, -0.15) is 0 Å². The number of nitrogens with one attached hydrogen (secondary N) is 1. The van der Waals surface area contributed by atoms with Crippen molar-refractivity contribution in [2.75, 3.05) is 12.3 Å². The van der Waals surface area contributed by atoms with Crippen molar-refractivity contribution in [3.05, 3.63) is 96.1 Å². The number of thioether (sulfide) groups is 1. The van der Waals surface area contributed by atoms with Gasteiger partial charge in [-0.25, -0.2) is 4.98 Å². The molecule has 4 aromatic rings. The number of amides is 1. The van der Waals surface area contributed by atoms with Crippen LogP contribution >= 0.6 is 11.8 Å². The van der Waals surface area contributed by atoms with E-state index in [1.165, 1.54) is 22.9 Å². The van der Waals surface area contributed by atoms with Gasteiger partial charge in [0.05, 0.1) is 5.75 Å². The zero-order valence-corrected chi connectivity index (χ0v) is 16.8. The molecule has 0 unspecified atom stereocenters. The Bertz CT molecular complexity index is 991. The average molecular weight is 403 g/mol. The van der Waals surface area contributed by atoms with Gasteiger partial charge in [-0.15, -0.1) is 0 Å². The fraction of sp³-hybridized carbons (Fsp3) is 0.167. The molecule has 4 rings (SSSR count). The van der Waals surface area contributed by atoms with Crippen LogP contribution in [0.4, 0.5) is 0 Å². The van der Waals surface area contributed by atoms with E-state index >= 15 is 0 Å². The van der Waals surface area contributed by atoms with Gasteiger partial charge < -0.3 is 9.73 Å². The van der Waals surface area contributed by atoms with Gasteiger partial charge in [-0.1, -0.05) is 84.6 Å². The summed E-state index contributed by atoms with van der Waals surface area (Å²) in [6.45, 7) is 0.613. The van der Waals surface area contributed by atoms with Crippen LogP contribution in [-0.4, -0.2) is 23.2 Å². The zero-order valence-electron chi connectivity index (χ0n) is 16.0. The lowest BCUT2D eigenvalue weighted by Gasteiger charge is -2.18. The van der Waals surface area contributed by atoms with Crippen molar-refractivity contribution in [1.29, 1.82) is 0 Å². The molecule has 5 heteroatoms. The van der Waals surface area contributed by atoms with E-state index in [9.17, 15) is 4.79 Å². The minimum atomic E-state index is -0.0165. The monoisotopic (exact) mass is 402 g/mol. The van der Waals surface area contributed by atoms with Crippen LogP contribution in [0.25, 0.3) is 11.1 Å². The largest absolute Gasteiger partial charge is 0.431 e. The number of carbonyl (C=O) groups is 1. The Balaban J connectivity index is 1.32. The summed E-state index contributed by atoms with van der Waals surface area (Å²) in [5.41, 5.74) is 4.07. The number of rotatable bonds is 8. The highest BCUT2D eigenvalue weighted by Gasteiger charge is 2.14. The molecule has 29 heavy (non-hydrogen) atoms. The summed E-state index contributed by atoms with van der Waals surface area (Å²) in [4.78, 5) is 16.7. The van der Waals surface area contributed by atoms with Gasteiger partial charge in [-0.3, -0.25) is 4.79 Å². The highest BCUT2D eigenvalue weighted by molar-refractivity contribution is 7.99. The molecule has 0 atom stereocenters. The quantitative estimate of drug-likeness (QED) is 0.409. The first-order valence-corrected chi connectivity index (χ1v) is 10.6. The van der Waals surface area contributed by atoms with Crippen molar-refractivity contribution in [1.82, 2.24) is 10.3 Å². The van der Waals surface area contributed by atoms with E-state index in [0.717, 1.165) is 17.5 Å². The van der Waals surface area contributed by atoms with Gasteiger partial charge in [0.2, 0.25) is 5.91 Å². The number of benzene rings is 3. The molecule has 0 spiro atoms. The second kappa shape index (κ2) is 9.43. The van der Waals surface area contributed by atoms with Crippen LogP contribution in [0.5, 0.6) is 0 Å². The molecule has 1 aromatic heterocycles. The number of hydrogen-bond donors (Lipinski definition) is 1. The molecule has 3 aromatic carbocycles. The Morgan fingerprint density at radius 2 is 1.52 bits per heavy atom. The number of hydrogen-bond acceptors (Lipinski definition) is 4. The van der Waals surface area contributed by atoms with Crippen molar-refractivity contribution < 1.29 is 9.21 Å². The van der Waals surface area contributed by atoms with Crippen LogP contribution in [0, 0.1) is 0 Å². The molecule has 0 radical (unpaired) electrons. The summed E-state index contributed by atoms with van der Waals surface area (Å²) in [6, 6.07) is 28.4. The van der Waals surface area contributed by atoms with Crippen molar-refractivity contribution in [2.24, 2.45) is 0 Å². The smallest absolute Gasteiger partial charge is 0.257 e. The molecular weight excluding hydrogens is 380 g/mol. The standard InChI is InChI=1S/C24H22N2O2S/c27-23(17-29-24-26-21-13-7-8-14-22(21)28-24)25-16-15-20(18-9-3-1-4-10-18)19-11-5-2-6-12-19/h1-14,20H,15-17H2,(H,25,27). The third-order valence-electron chi connectivity index (χ3n) is 4.76. The highest BCUT2D eigenvalue weighted by Crippen LogP contribution is 2.27. The van der Waals surface area contributed by atoms with E-state index in [1.807, 2.05) is 36.4 Å². The Labute approximate surface area is 174 Å². The van der Waals surface area contributed by atoms with Crippen LogP contribution in [-0.2, 0) is 4.79 Å². The van der Waals surface area contributed by atoms with Crippen LogP contribution in [0.3, 0.4) is 0 Å². The van der Waals surface area contributed by atoms with Crippen LogP contribution in [0.15, 0.2) is 94.6 Å². The SMILES string of the molecule is O=C(CSc1nc2ccccc2o1)NCCC(c1ccccc1)c1ccccc1. The maximum Gasteiger partial charge on any atom is 0.257 e. The first kappa shape index (κ1) is 19.3. The van der Waals surface area contributed by atoms with E-state index < -0.39 is 0 Å². The molecule has 0 aliphatic heterocycles. The number of oxazole rings is 1. The Morgan fingerprint density at radius 1 is 0.897 bits per heavy atom. The minimum absolute atomic E-state index is 0.0165. The summed E-state index contributed by atoms with van der Waals surface area (Å²) in [5.74, 6) is 0.522. The highest BCUT2D eigenvalue weighted by atomic mass is 32.2. The zero-order chi connectivity index (χ0) is 19.9. The lowest BCUT2D eigenvalue weighted by molar-refractivity contribution is -0.118.